The molecule has 1 aliphatic rings. The van der Waals surface area contributed by atoms with Gasteiger partial charge in [0.1, 0.15) is 5.69 Å². The first kappa shape index (κ1) is 11.2. The lowest BCUT2D eigenvalue weighted by molar-refractivity contribution is -0.399. The molecule has 1 atom stereocenters. The summed E-state index contributed by atoms with van der Waals surface area (Å²) in [5, 5.41) is 10.8. The number of anilines is 1. The summed E-state index contributed by atoms with van der Waals surface area (Å²) in [4.78, 5) is 34.4. The van der Waals surface area contributed by atoms with Crippen LogP contribution >= 0.6 is 0 Å². The predicted octanol–water partition coefficient (Wildman–Crippen LogP) is -0.531. The molecule has 0 bridgehead atoms. The van der Waals surface area contributed by atoms with Crippen molar-refractivity contribution in [1.82, 2.24) is 0 Å². The maximum absolute atomic E-state index is 11.7. The highest BCUT2D eigenvalue weighted by atomic mass is 16.6. The van der Waals surface area contributed by atoms with E-state index >= 15 is 0 Å². The van der Waals surface area contributed by atoms with E-state index in [0.717, 1.165) is 4.90 Å². The van der Waals surface area contributed by atoms with Gasteiger partial charge in [-0.2, -0.15) is 0 Å². The summed E-state index contributed by atoms with van der Waals surface area (Å²) < 4.78 is 0. The van der Waals surface area contributed by atoms with E-state index in [-0.39, 0.29) is 17.8 Å². The van der Waals surface area contributed by atoms with Gasteiger partial charge >= 0.3 is 0 Å². The molecule has 0 aliphatic carbocycles. The van der Waals surface area contributed by atoms with Crippen molar-refractivity contribution in [2.45, 2.75) is 12.5 Å². The lowest BCUT2D eigenvalue weighted by Gasteiger charge is -2.12. The Balaban J connectivity index is 2.51. The third kappa shape index (κ3) is 1.76. The quantitative estimate of drug-likeness (QED) is 0.423. The largest absolute Gasteiger partial charge is 0.347 e. The second-order valence-electron chi connectivity index (χ2n) is 3.71. The van der Waals surface area contributed by atoms with Gasteiger partial charge in [0.25, 0.3) is 11.6 Å². The van der Waals surface area contributed by atoms with Crippen LogP contribution in [0.5, 0.6) is 0 Å². The van der Waals surface area contributed by atoms with Crippen molar-refractivity contribution >= 4 is 23.2 Å². The number of nitro groups is 1. The highest BCUT2D eigenvalue weighted by molar-refractivity contribution is 6.22. The smallest absolute Gasteiger partial charge is 0.293 e. The van der Waals surface area contributed by atoms with Crippen molar-refractivity contribution in [3.8, 4) is 0 Å². The fraction of sp³-hybridized carbons (Fsp3) is 0.200. The molecule has 1 saturated heterocycles. The summed E-state index contributed by atoms with van der Waals surface area (Å²) >= 11 is 0. The standard InChI is InChI=1S/C10H9N3O4/c11-6-5-9(14)12(10(6)15)7-3-1-2-4-8(7)13(16)17/h1-4,6H,5,11H2/p+1/t6-/m0/s1. The number of benzene rings is 1. The van der Waals surface area contributed by atoms with Crippen LogP contribution in [-0.4, -0.2) is 22.8 Å². The molecule has 0 spiro atoms. The first-order valence-electron chi connectivity index (χ1n) is 4.95. The average molecular weight is 236 g/mol. The molecule has 7 nitrogen and oxygen atoms in total. The van der Waals surface area contributed by atoms with Gasteiger partial charge in [0, 0.05) is 6.07 Å². The Hall–Kier alpha value is -2.28. The number of carbonyl (C=O) groups excluding carboxylic acids is 2. The molecule has 0 saturated carbocycles. The molecule has 0 radical (unpaired) electrons. The van der Waals surface area contributed by atoms with Gasteiger partial charge in [-0.05, 0) is 6.07 Å². The zero-order chi connectivity index (χ0) is 12.6. The van der Waals surface area contributed by atoms with Crippen LogP contribution in [0.4, 0.5) is 11.4 Å². The Morgan fingerprint density at radius 3 is 2.53 bits per heavy atom. The SMILES string of the molecule is [NH3+][C@H]1CC(=O)N(c2ccccc2[N+](=O)[O-])C1=O. The maximum Gasteiger partial charge on any atom is 0.293 e. The minimum absolute atomic E-state index is 0.00905. The van der Waals surface area contributed by atoms with Crippen LogP contribution in [0.15, 0.2) is 24.3 Å². The highest BCUT2D eigenvalue weighted by Gasteiger charge is 2.42. The van der Waals surface area contributed by atoms with Gasteiger partial charge in [-0.15, -0.1) is 0 Å². The van der Waals surface area contributed by atoms with Gasteiger partial charge in [0.05, 0.1) is 11.3 Å². The lowest BCUT2D eigenvalue weighted by atomic mass is 10.2. The number of nitrogens with zero attached hydrogens (tertiary/aromatic N) is 2. The molecule has 1 fully saturated rings. The number of para-hydroxylation sites is 2. The molecule has 0 unspecified atom stereocenters. The summed E-state index contributed by atoms with van der Waals surface area (Å²) in [6.45, 7) is 0. The number of carbonyl (C=O) groups is 2. The van der Waals surface area contributed by atoms with Gasteiger partial charge in [-0.1, -0.05) is 12.1 Å². The molecule has 1 aliphatic heterocycles. The van der Waals surface area contributed by atoms with Crippen LogP contribution in [0.3, 0.4) is 0 Å². The molecule has 88 valence electrons. The number of imide groups is 1. The molecular formula is C10H10N3O4+. The van der Waals surface area contributed by atoms with Crippen LogP contribution in [-0.2, 0) is 9.59 Å². The fourth-order valence-electron chi connectivity index (χ4n) is 1.76. The topological polar surface area (TPSA) is 108 Å². The first-order valence-corrected chi connectivity index (χ1v) is 4.95. The molecule has 1 heterocycles. The average Bonchev–Trinajstić information content (AvgIpc) is 2.53. The van der Waals surface area contributed by atoms with Gasteiger partial charge in [0.15, 0.2) is 6.04 Å². The first-order chi connectivity index (χ1) is 8.02. The molecule has 7 heteroatoms. The Labute approximate surface area is 96.0 Å². The van der Waals surface area contributed by atoms with Crippen LogP contribution < -0.4 is 10.6 Å². The van der Waals surface area contributed by atoms with Crippen LogP contribution in [0.25, 0.3) is 0 Å². The third-order valence-corrected chi connectivity index (χ3v) is 2.56. The van der Waals surface area contributed by atoms with E-state index in [9.17, 15) is 19.7 Å². The van der Waals surface area contributed by atoms with Gasteiger partial charge in [0.2, 0.25) is 5.91 Å². The Morgan fingerprint density at radius 2 is 2.00 bits per heavy atom. The van der Waals surface area contributed by atoms with Crippen LogP contribution in [0.2, 0.25) is 0 Å². The number of amides is 2. The Bertz CT molecular complexity index is 514. The van der Waals surface area contributed by atoms with Crippen molar-refractivity contribution in [1.29, 1.82) is 0 Å². The van der Waals surface area contributed by atoms with Crippen molar-refractivity contribution in [2.24, 2.45) is 0 Å². The number of quaternary nitrogens is 1. The summed E-state index contributed by atoms with van der Waals surface area (Å²) in [5.74, 6) is -0.950. The van der Waals surface area contributed by atoms with E-state index in [1.165, 1.54) is 18.2 Å². The summed E-state index contributed by atoms with van der Waals surface area (Å²) in [5.41, 5.74) is 3.29. The molecule has 2 rings (SSSR count). The molecular weight excluding hydrogens is 226 g/mol. The van der Waals surface area contributed by atoms with Crippen LogP contribution in [0, 0.1) is 10.1 Å². The van der Waals surface area contributed by atoms with E-state index in [0.29, 0.717) is 0 Å². The van der Waals surface area contributed by atoms with Gasteiger partial charge in [-0.25, -0.2) is 4.90 Å². The molecule has 1 aromatic rings. The van der Waals surface area contributed by atoms with Gasteiger partial charge < -0.3 is 5.73 Å². The van der Waals surface area contributed by atoms with Crippen LogP contribution in [0.1, 0.15) is 6.42 Å². The lowest BCUT2D eigenvalue weighted by Crippen LogP contribution is -2.64. The predicted molar refractivity (Wildman–Crippen MR) is 56.9 cm³/mol. The highest BCUT2D eigenvalue weighted by Crippen LogP contribution is 2.30. The molecule has 2 amide bonds. The maximum atomic E-state index is 11.7. The van der Waals surface area contributed by atoms with Gasteiger partial charge in [-0.3, -0.25) is 19.7 Å². The molecule has 0 aromatic heterocycles. The summed E-state index contributed by atoms with van der Waals surface area (Å²) in [7, 11) is 0. The van der Waals surface area contributed by atoms with E-state index in [1.54, 1.807) is 6.07 Å². The fourth-order valence-corrected chi connectivity index (χ4v) is 1.76. The summed E-state index contributed by atoms with van der Waals surface area (Å²) in [6, 6.07) is 4.99. The van der Waals surface area contributed by atoms with E-state index in [4.69, 9.17) is 0 Å². The zero-order valence-corrected chi connectivity index (χ0v) is 8.83. The number of hydrogen-bond donors (Lipinski definition) is 1. The van der Waals surface area contributed by atoms with Crippen molar-refractivity contribution in [3.63, 3.8) is 0 Å². The Kier molecular flexibility index (Phi) is 2.60. The minimum atomic E-state index is -0.665. The van der Waals surface area contributed by atoms with Crippen molar-refractivity contribution in [2.75, 3.05) is 4.90 Å². The molecule has 1 aromatic carbocycles. The second-order valence-corrected chi connectivity index (χ2v) is 3.71. The molecule has 3 N–H and O–H groups in total. The number of rotatable bonds is 2. The second kappa shape index (κ2) is 3.95. The zero-order valence-electron chi connectivity index (χ0n) is 8.83. The van der Waals surface area contributed by atoms with Crippen molar-refractivity contribution in [3.05, 3.63) is 34.4 Å². The number of hydrogen-bond acceptors (Lipinski definition) is 4. The minimum Gasteiger partial charge on any atom is -0.347 e. The normalized spacial score (nSPS) is 19.8. The van der Waals surface area contributed by atoms with Crippen molar-refractivity contribution < 1.29 is 20.2 Å². The van der Waals surface area contributed by atoms with E-state index < -0.39 is 22.8 Å². The molecule has 17 heavy (non-hydrogen) atoms. The Morgan fingerprint density at radius 1 is 1.35 bits per heavy atom. The van der Waals surface area contributed by atoms with E-state index in [2.05, 4.69) is 5.73 Å². The third-order valence-electron chi connectivity index (χ3n) is 2.56. The monoisotopic (exact) mass is 236 g/mol. The van der Waals surface area contributed by atoms with E-state index in [1.807, 2.05) is 0 Å². The number of nitro benzene ring substituents is 1. The summed E-state index contributed by atoms with van der Waals surface area (Å²) in [6.07, 6.45) is -0.00905.